The lowest BCUT2D eigenvalue weighted by Gasteiger charge is -2.21. The lowest BCUT2D eigenvalue weighted by molar-refractivity contribution is 0.0372. The first-order chi connectivity index (χ1) is 11.0. The number of nitrogens with one attached hydrogen (secondary N) is 2. The van der Waals surface area contributed by atoms with Crippen molar-refractivity contribution in [3.8, 4) is 0 Å². The van der Waals surface area contributed by atoms with E-state index in [1.165, 1.54) is 6.26 Å². The van der Waals surface area contributed by atoms with Crippen molar-refractivity contribution >= 4 is 11.7 Å². The number of urea groups is 1. The van der Waals surface area contributed by atoms with Crippen molar-refractivity contribution in [3.05, 3.63) is 54.0 Å². The minimum Gasteiger partial charge on any atom is -0.466 e. The van der Waals surface area contributed by atoms with Gasteiger partial charge in [-0.15, -0.1) is 0 Å². The Morgan fingerprint density at radius 3 is 2.87 bits per heavy atom. The second kappa shape index (κ2) is 7.80. The van der Waals surface area contributed by atoms with Gasteiger partial charge in [0.1, 0.15) is 11.4 Å². The third-order valence-electron chi connectivity index (χ3n) is 3.30. The Hall–Kier alpha value is -2.31. The van der Waals surface area contributed by atoms with Gasteiger partial charge in [-0.3, -0.25) is 0 Å². The summed E-state index contributed by atoms with van der Waals surface area (Å²) in [7, 11) is 0. The summed E-state index contributed by atoms with van der Waals surface area (Å²) in [4.78, 5) is 12.0. The van der Waals surface area contributed by atoms with Crippen LogP contribution < -0.4 is 10.6 Å². The van der Waals surface area contributed by atoms with E-state index in [4.69, 9.17) is 9.15 Å². The summed E-state index contributed by atoms with van der Waals surface area (Å²) in [6, 6.07) is 10.4. The van der Waals surface area contributed by atoms with Gasteiger partial charge in [-0.1, -0.05) is 12.1 Å². The van der Waals surface area contributed by atoms with E-state index >= 15 is 0 Å². The topological polar surface area (TPSA) is 83.7 Å². The molecule has 124 valence electrons. The van der Waals surface area contributed by atoms with Gasteiger partial charge < -0.3 is 24.9 Å². The quantitative estimate of drug-likeness (QED) is 0.733. The van der Waals surface area contributed by atoms with Crippen molar-refractivity contribution < 1.29 is 19.1 Å². The summed E-state index contributed by atoms with van der Waals surface area (Å²) in [5, 5.41) is 15.6. The van der Waals surface area contributed by atoms with Crippen LogP contribution in [0.3, 0.4) is 0 Å². The molecule has 1 heterocycles. The van der Waals surface area contributed by atoms with Crippen LogP contribution in [0.25, 0.3) is 0 Å². The summed E-state index contributed by atoms with van der Waals surface area (Å²) < 4.78 is 10.5. The molecular formula is C17H22N2O4. The van der Waals surface area contributed by atoms with E-state index in [-0.39, 0.29) is 6.54 Å². The van der Waals surface area contributed by atoms with Gasteiger partial charge in [-0.05, 0) is 43.7 Å². The number of aliphatic hydroxyl groups is 1. The van der Waals surface area contributed by atoms with Crippen LogP contribution in [0.4, 0.5) is 10.5 Å². The van der Waals surface area contributed by atoms with E-state index in [1.54, 1.807) is 25.1 Å². The van der Waals surface area contributed by atoms with Gasteiger partial charge in [-0.25, -0.2) is 4.79 Å². The monoisotopic (exact) mass is 318 g/mol. The molecule has 0 aliphatic heterocycles. The fourth-order valence-electron chi connectivity index (χ4n) is 2.06. The summed E-state index contributed by atoms with van der Waals surface area (Å²) in [5.41, 5.74) is 0.377. The number of rotatable bonds is 7. The maximum Gasteiger partial charge on any atom is 0.319 e. The number of carbonyl (C=O) groups is 1. The van der Waals surface area contributed by atoms with Gasteiger partial charge in [-0.2, -0.15) is 0 Å². The van der Waals surface area contributed by atoms with E-state index < -0.39 is 11.6 Å². The number of carbonyl (C=O) groups excluding carboxylic acids is 1. The van der Waals surface area contributed by atoms with Gasteiger partial charge >= 0.3 is 6.03 Å². The zero-order valence-corrected chi connectivity index (χ0v) is 13.3. The summed E-state index contributed by atoms with van der Waals surface area (Å²) in [6.07, 6.45) is 1.48. The predicted octanol–water partition coefficient (Wildman–Crippen LogP) is 2.85. The van der Waals surface area contributed by atoms with E-state index in [0.29, 0.717) is 24.7 Å². The van der Waals surface area contributed by atoms with E-state index in [1.807, 2.05) is 25.1 Å². The molecule has 1 unspecified atom stereocenters. The second-order valence-corrected chi connectivity index (χ2v) is 5.40. The minimum atomic E-state index is -1.27. The minimum absolute atomic E-state index is 0.0327. The second-order valence-electron chi connectivity index (χ2n) is 5.40. The average Bonchev–Trinajstić information content (AvgIpc) is 3.07. The standard InChI is InChI=1S/C17H22N2O4/c1-3-22-11-13-6-4-7-14(10-13)19-16(20)18-12-17(2,21)15-8-5-9-23-15/h4-10,21H,3,11-12H2,1-2H3,(H2,18,19,20). The predicted molar refractivity (Wildman–Crippen MR) is 87.1 cm³/mol. The van der Waals surface area contributed by atoms with Gasteiger partial charge in [0.2, 0.25) is 0 Å². The molecule has 0 fully saturated rings. The fraction of sp³-hybridized carbons (Fsp3) is 0.353. The lowest BCUT2D eigenvalue weighted by Crippen LogP contribution is -2.40. The molecular weight excluding hydrogens is 296 g/mol. The highest BCUT2D eigenvalue weighted by Crippen LogP contribution is 2.19. The molecule has 1 aromatic heterocycles. The highest BCUT2D eigenvalue weighted by Gasteiger charge is 2.26. The van der Waals surface area contributed by atoms with Crippen LogP contribution in [0.15, 0.2) is 47.1 Å². The van der Waals surface area contributed by atoms with Crippen LogP contribution in [0.1, 0.15) is 25.2 Å². The Balaban J connectivity index is 1.87. The first-order valence-corrected chi connectivity index (χ1v) is 7.49. The number of hydrogen-bond donors (Lipinski definition) is 3. The van der Waals surface area contributed by atoms with Gasteiger partial charge in [0.15, 0.2) is 0 Å². The van der Waals surface area contributed by atoms with Crippen LogP contribution >= 0.6 is 0 Å². The maximum absolute atomic E-state index is 12.0. The Labute approximate surface area is 135 Å². The number of amides is 2. The molecule has 1 atom stereocenters. The smallest absolute Gasteiger partial charge is 0.319 e. The zero-order chi connectivity index (χ0) is 16.7. The van der Waals surface area contributed by atoms with Crippen molar-refractivity contribution in [2.24, 2.45) is 0 Å². The van der Waals surface area contributed by atoms with Crippen LogP contribution in [-0.2, 0) is 16.9 Å². The largest absolute Gasteiger partial charge is 0.466 e. The normalized spacial score (nSPS) is 13.3. The van der Waals surface area contributed by atoms with Gasteiger partial charge in [0.25, 0.3) is 0 Å². The highest BCUT2D eigenvalue weighted by atomic mass is 16.5. The van der Waals surface area contributed by atoms with Crippen LogP contribution in [0, 0.1) is 0 Å². The van der Waals surface area contributed by atoms with E-state index in [2.05, 4.69) is 10.6 Å². The molecule has 2 amide bonds. The molecule has 0 bridgehead atoms. The first kappa shape index (κ1) is 17.1. The Morgan fingerprint density at radius 2 is 2.17 bits per heavy atom. The third kappa shape index (κ3) is 5.12. The zero-order valence-electron chi connectivity index (χ0n) is 13.3. The number of furan rings is 1. The molecule has 0 radical (unpaired) electrons. The third-order valence-corrected chi connectivity index (χ3v) is 3.30. The van der Waals surface area contributed by atoms with Crippen molar-refractivity contribution in [2.45, 2.75) is 26.1 Å². The SMILES string of the molecule is CCOCc1cccc(NC(=O)NCC(C)(O)c2ccco2)c1. The van der Waals surface area contributed by atoms with Gasteiger partial charge in [0.05, 0.1) is 19.4 Å². The summed E-state index contributed by atoms with van der Waals surface area (Å²) in [6.45, 7) is 4.68. The molecule has 1 aromatic carbocycles. The molecule has 2 rings (SSSR count). The number of hydrogen-bond acceptors (Lipinski definition) is 4. The van der Waals surface area contributed by atoms with Crippen molar-refractivity contribution in [2.75, 3.05) is 18.5 Å². The Morgan fingerprint density at radius 1 is 1.35 bits per heavy atom. The van der Waals surface area contributed by atoms with Crippen LogP contribution in [-0.4, -0.2) is 24.3 Å². The average molecular weight is 318 g/mol. The molecule has 0 aliphatic rings. The number of anilines is 1. The number of ether oxygens (including phenoxy) is 1. The first-order valence-electron chi connectivity index (χ1n) is 7.49. The van der Waals surface area contributed by atoms with E-state index in [0.717, 1.165) is 5.56 Å². The molecule has 0 aliphatic carbocycles. The van der Waals surface area contributed by atoms with Crippen molar-refractivity contribution in [3.63, 3.8) is 0 Å². The fourth-order valence-corrected chi connectivity index (χ4v) is 2.06. The molecule has 6 heteroatoms. The molecule has 3 N–H and O–H groups in total. The van der Waals surface area contributed by atoms with Crippen molar-refractivity contribution in [1.82, 2.24) is 5.32 Å². The van der Waals surface area contributed by atoms with E-state index in [9.17, 15) is 9.90 Å². The maximum atomic E-state index is 12.0. The molecule has 0 saturated heterocycles. The van der Waals surface area contributed by atoms with Crippen LogP contribution in [0.2, 0.25) is 0 Å². The Kier molecular flexibility index (Phi) is 5.78. The molecule has 0 saturated carbocycles. The van der Waals surface area contributed by atoms with Crippen molar-refractivity contribution in [1.29, 1.82) is 0 Å². The summed E-state index contributed by atoms with van der Waals surface area (Å²) in [5.74, 6) is 0.400. The molecule has 0 spiro atoms. The molecule has 23 heavy (non-hydrogen) atoms. The van der Waals surface area contributed by atoms with Crippen LogP contribution in [0.5, 0.6) is 0 Å². The summed E-state index contributed by atoms with van der Waals surface area (Å²) >= 11 is 0. The number of benzene rings is 1. The molecule has 2 aromatic rings. The molecule has 6 nitrogen and oxygen atoms in total. The van der Waals surface area contributed by atoms with Gasteiger partial charge in [0, 0.05) is 12.3 Å². The lowest BCUT2D eigenvalue weighted by atomic mass is 10.0. The highest BCUT2D eigenvalue weighted by molar-refractivity contribution is 5.89. The Bertz CT molecular complexity index is 623.